The summed E-state index contributed by atoms with van der Waals surface area (Å²) in [5.41, 5.74) is -0.261. The minimum atomic E-state index is -5.05. The zero-order valence-corrected chi connectivity index (χ0v) is 16.6. The summed E-state index contributed by atoms with van der Waals surface area (Å²) in [5.74, 6) is -1.78. The number of hydrogen-bond donors (Lipinski definition) is 2. The number of nitrogens with zero attached hydrogens (tertiary/aromatic N) is 1. The molecule has 0 aliphatic carbocycles. The second-order valence-corrected chi connectivity index (χ2v) is 7.20. The molecule has 3 aromatic rings. The molecule has 0 saturated heterocycles. The van der Waals surface area contributed by atoms with Gasteiger partial charge >= 0.3 is 12.5 Å². The molecule has 1 atom stereocenters. The van der Waals surface area contributed by atoms with E-state index < -0.39 is 42.1 Å². The molecule has 0 spiro atoms. The lowest BCUT2D eigenvalue weighted by atomic mass is 9.87. The molecule has 174 valence electrons. The summed E-state index contributed by atoms with van der Waals surface area (Å²) in [6.45, 7) is -0.610. The molecule has 2 aromatic carbocycles. The lowest BCUT2D eigenvalue weighted by molar-refractivity contribution is -0.275. The lowest BCUT2D eigenvalue weighted by Gasteiger charge is -2.23. The van der Waals surface area contributed by atoms with Crippen molar-refractivity contribution < 1.29 is 40.6 Å². The van der Waals surface area contributed by atoms with E-state index in [-0.39, 0.29) is 17.9 Å². The van der Waals surface area contributed by atoms with Crippen molar-refractivity contribution >= 4 is 11.7 Å². The maximum absolute atomic E-state index is 13.2. The Hall–Kier alpha value is -3.70. The Kier molecular flexibility index (Phi) is 5.68. The van der Waals surface area contributed by atoms with Gasteiger partial charge in [0, 0.05) is 23.5 Å². The van der Waals surface area contributed by atoms with Crippen LogP contribution in [0.3, 0.4) is 0 Å². The second kappa shape index (κ2) is 8.34. The Labute approximate surface area is 182 Å². The Morgan fingerprint density at radius 3 is 2.52 bits per heavy atom. The number of nitrogens with one attached hydrogen (secondary N) is 2. The normalized spacial score (nSPS) is 16.2. The van der Waals surface area contributed by atoms with Crippen molar-refractivity contribution in [2.75, 3.05) is 5.32 Å². The van der Waals surface area contributed by atoms with Crippen LogP contribution in [-0.4, -0.2) is 22.5 Å². The molecule has 1 aliphatic heterocycles. The molecule has 0 radical (unpaired) electrons. The highest BCUT2D eigenvalue weighted by Crippen LogP contribution is 2.40. The van der Waals surface area contributed by atoms with Crippen LogP contribution in [0.25, 0.3) is 0 Å². The molecule has 0 fully saturated rings. The van der Waals surface area contributed by atoms with E-state index in [1.54, 1.807) is 0 Å². The van der Waals surface area contributed by atoms with Gasteiger partial charge in [-0.2, -0.15) is 18.3 Å². The number of fused-ring (bicyclic) bond motifs is 1. The van der Waals surface area contributed by atoms with E-state index in [4.69, 9.17) is 4.74 Å². The first-order chi connectivity index (χ1) is 15.5. The monoisotopic (exact) mass is 471 g/mol. The summed E-state index contributed by atoms with van der Waals surface area (Å²) >= 11 is 0. The molecule has 0 unspecified atom stereocenters. The maximum atomic E-state index is 13.2. The summed E-state index contributed by atoms with van der Waals surface area (Å²) in [4.78, 5) is 12.0. The predicted octanol–water partition coefficient (Wildman–Crippen LogP) is 5.38. The number of alkyl halides is 6. The Bertz CT molecular complexity index is 1170. The summed E-state index contributed by atoms with van der Waals surface area (Å²) in [6.07, 6.45) is -8.33. The van der Waals surface area contributed by atoms with E-state index in [9.17, 15) is 31.1 Å². The highest BCUT2D eigenvalue weighted by atomic mass is 19.4. The quantitative estimate of drug-likeness (QED) is 0.490. The number of aromatic nitrogens is 2. The number of aromatic amines is 1. The third-order valence-electron chi connectivity index (χ3n) is 4.99. The van der Waals surface area contributed by atoms with Crippen LogP contribution in [0.5, 0.6) is 11.5 Å². The molecule has 1 aromatic heterocycles. The number of carbonyl (C=O) groups is 1. The largest absolute Gasteiger partial charge is 0.573 e. The SMILES string of the molecule is O=C1C[C@@H](c2ccc(COc3ccccc3C(F)(F)F)c(OC(F)(F)F)c2)c2cn[nH]c2N1. The van der Waals surface area contributed by atoms with Gasteiger partial charge in [-0.1, -0.05) is 24.3 Å². The first-order valence-electron chi connectivity index (χ1n) is 9.52. The van der Waals surface area contributed by atoms with Crippen molar-refractivity contribution in [2.45, 2.75) is 31.5 Å². The Balaban J connectivity index is 1.66. The maximum Gasteiger partial charge on any atom is 0.573 e. The third kappa shape index (κ3) is 5.04. The number of para-hydroxylation sites is 1. The van der Waals surface area contributed by atoms with Crippen molar-refractivity contribution in [3.63, 3.8) is 0 Å². The number of halogens is 6. The Morgan fingerprint density at radius 1 is 1.03 bits per heavy atom. The summed E-state index contributed by atoms with van der Waals surface area (Å²) in [5, 5.41) is 9.02. The van der Waals surface area contributed by atoms with Crippen molar-refractivity contribution in [1.29, 1.82) is 0 Å². The zero-order valence-electron chi connectivity index (χ0n) is 16.6. The van der Waals surface area contributed by atoms with Crippen LogP contribution in [0, 0.1) is 0 Å². The molecular weight excluding hydrogens is 456 g/mol. The molecule has 0 bridgehead atoms. The lowest BCUT2D eigenvalue weighted by Crippen LogP contribution is -2.23. The molecule has 2 N–H and O–H groups in total. The Morgan fingerprint density at radius 2 is 1.79 bits per heavy atom. The number of carbonyl (C=O) groups excluding carboxylic acids is 1. The average molecular weight is 471 g/mol. The highest BCUT2D eigenvalue weighted by Gasteiger charge is 2.35. The number of amides is 1. The van der Waals surface area contributed by atoms with Gasteiger partial charge in [-0.05, 0) is 23.8 Å². The highest BCUT2D eigenvalue weighted by molar-refractivity contribution is 5.94. The van der Waals surface area contributed by atoms with Crippen LogP contribution >= 0.6 is 0 Å². The molecule has 12 heteroatoms. The van der Waals surface area contributed by atoms with Gasteiger partial charge in [0.2, 0.25) is 5.91 Å². The number of ether oxygens (including phenoxy) is 2. The van der Waals surface area contributed by atoms with Gasteiger partial charge in [0.25, 0.3) is 0 Å². The fourth-order valence-electron chi connectivity index (χ4n) is 3.55. The van der Waals surface area contributed by atoms with Crippen molar-refractivity contribution in [3.05, 3.63) is 70.9 Å². The predicted molar refractivity (Wildman–Crippen MR) is 103 cm³/mol. The summed E-state index contributed by atoms with van der Waals surface area (Å²) in [6, 6.07) is 8.20. The molecular formula is C21H15F6N3O3. The number of anilines is 1. The van der Waals surface area contributed by atoms with Crippen LogP contribution in [0.15, 0.2) is 48.7 Å². The fraction of sp³-hybridized carbons (Fsp3) is 0.238. The number of hydrogen-bond acceptors (Lipinski definition) is 4. The minimum Gasteiger partial charge on any atom is -0.488 e. The van der Waals surface area contributed by atoms with Crippen molar-refractivity contribution in [1.82, 2.24) is 10.2 Å². The number of H-pyrrole nitrogens is 1. The molecule has 2 heterocycles. The van der Waals surface area contributed by atoms with Crippen LogP contribution < -0.4 is 14.8 Å². The van der Waals surface area contributed by atoms with E-state index in [0.717, 1.165) is 18.2 Å². The fourth-order valence-corrected chi connectivity index (χ4v) is 3.55. The first kappa shape index (κ1) is 22.5. The van der Waals surface area contributed by atoms with Crippen LogP contribution in [0.4, 0.5) is 32.2 Å². The number of benzene rings is 2. The van der Waals surface area contributed by atoms with Gasteiger partial charge < -0.3 is 14.8 Å². The average Bonchev–Trinajstić information content (AvgIpc) is 3.19. The zero-order chi connectivity index (χ0) is 23.8. The van der Waals surface area contributed by atoms with Gasteiger partial charge in [0.1, 0.15) is 23.9 Å². The first-order valence-corrected chi connectivity index (χ1v) is 9.52. The van der Waals surface area contributed by atoms with Gasteiger partial charge in [-0.25, -0.2) is 0 Å². The van der Waals surface area contributed by atoms with E-state index in [1.807, 2.05) is 0 Å². The standard InChI is InChI=1S/C21H15F6N3O3/c22-20(23,24)15-3-1-2-4-16(15)32-10-12-6-5-11(7-17(12)33-21(25,26)27)13-8-18(31)29-19-14(13)9-28-30-19/h1-7,9,13H,8,10H2,(H2,28,29,30,31)/t13-/m0/s1. The van der Waals surface area contributed by atoms with E-state index in [1.165, 1.54) is 30.5 Å². The van der Waals surface area contributed by atoms with Crippen molar-refractivity contribution in [3.8, 4) is 11.5 Å². The van der Waals surface area contributed by atoms with Crippen LogP contribution in [0.2, 0.25) is 0 Å². The second-order valence-electron chi connectivity index (χ2n) is 7.20. The van der Waals surface area contributed by atoms with Crippen molar-refractivity contribution in [2.24, 2.45) is 0 Å². The van der Waals surface area contributed by atoms with Gasteiger partial charge in [-0.15, -0.1) is 13.2 Å². The van der Waals surface area contributed by atoms with E-state index >= 15 is 0 Å². The van der Waals surface area contributed by atoms with Gasteiger partial charge in [0.15, 0.2) is 0 Å². The molecule has 1 aliphatic rings. The van der Waals surface area contributed by atoms with E-state index in [2.05, 4.69) is 20.3 Å². The minimum absolute atomic E-state index is 0.0349. The smallest absolute Gasteiger partial charge is 0.488 e. The molecule has 4 rings (SSSR count). The van der Waals surface area contributed by atoms with Crippen LogP contribution in [-0.2, 0) is 17.6 Å². The summed E-state index contributed by atoms with van der Waals surface area (Å²) < 4.78 is 87.9. The van der Waals surface area contributed by atoms with Gasteiger partial charge in [-0.3, -0.25) is 9.89 Å². The molecule has 6 nitrogen and oxygen atoms in total. The molecule has 33 heavy (non-hydrogen) atoms. The topological polar surface area (TPSA) is 76.2 Å². The summed E-state index contributed by atoms with van der Waals surface area (Å²) in [7, 11) is 0. The molecule has 0 saturated carbocycles. The van der Waals surface area contributed by atoms with Gasteiger partial charge in [0.05, 0.1) is 11.8 Å². The molecule has 1 amide bonds. The van der Waals surface area contributed by atoms with E-state index in [0.29, 0.717) is 16.9 Å². The van der Waals surface area contributed by atoms with Crippen LogP contribution in [0.1, 0.15) is 34.6 Å². The third-order valence-corrected chi connectivity index (χ3v) is 4.99. The number of rotatable bonds is 5.